The molecule has 0 aliphatic heterocycles. The summed E-state index contributed by atoms with van der Waals surface area (Å²) in [4.78, 5) is 7.10. The van der Waals surface area contributed by atoms with E-state index in [2.05, 4.69) is 27.9 Å². The highest BCUT2D eigenvalue weighted by atomic mass is 19.4. The van der Waals surface area contributed by atoms with Crippen LogP contribution in [0, 0.1) is 47.1 Å². The van der Waals surface area contributed by atoms with E-state index in [1.807, 2.05) is 0 Å². The fourth-order valence-electron chi connectivity index (χ4n) is 7.00. The molecule has 0 unspecified atom stereocenters. The van der Waals surface area contributed by atoms with Crippen molar-refractivity contribution in [3.8, 4) is 40.7 Å². The number of benzene rings is 6. The summed E-state index contributed by atoms with van der Waals surface area (Å²) in [6, 6.07) is 34.8. The first kappa shape index (κ1) is 31.4. The highest BCUT2D eigenvalue weighted by Crippen LogP contribution is 2.47. The average Bonchev–Trinajstić information content (AvgIpc) is 3.67. The number of rotatable bonds is 3. The van der Waals surface area contributed by atoms with Crippen LogP contribution in [0.15, 0.2) is 109 Å². The summed E-state index contributed by atoms with van der Waals surface area (Å²) in [7, 11) is 0. The molecule has 7 nitrogen and oxygen atoms in total. The van der Waals surface area contributed by atoms with Gasteiger partial charge in [0.05, 0.1) is 70.5 Å². The maximum absolute atomic E-state index is 16.1. The molecule has 0 amide bonds. The van der Waals surface area contributed by atoms with Crippen molar-refractivity contribution >= 4 is 55.0 Å². The molecule has 2 heterocycles. The lowest BCUT2D eigenvalue weighted by Gasteiger charge is -2.23. The molecule has 8 aromatic rings. The van der Waals surface area contributed by atoms with Crippen LogP contribution >= 0.6 is 0 Å². The molecule has 0 bridgehead atoms. The van der Waals surface area contributed by atoms with Crippen LogP contribution in [0.4, 0.5) is 24.5 Å². The summed E-state index contributed by atoms with van der Waals surface area (Å²) in [6.45, 7) is 15.4. The number of halogens is 3. The molecular formula is C42H18F3N7. The lowest BCUT2D eigenvalue weighted by Crippen LogP contribution is -2.16. The standard InChI is InChI=1S/C42H18F3N7/c1-49-29-8-12-33-31-10-6-25(22-47)15-35(31)51(37(33)19-29)39-17-28(27-5-3-4-24(14-27)21-46)18-40(41(39)42(43,44)45)52-36-16-26(23-48)7-11-32(36)34-13-9-30(50-2)20-38(34)52/h3-20H. The molecule has 8 rings (SSSR count). The second-order valence-corrected chi connectivity index (χ2v) is 12.1. The van der Waals surface area contributed by atoms with Gasteiger partial charge in [0.25, 0.3) is 0 Å². The maximum atomic E-state index is 16.1. The molecule has 0 saturated carbocycles. The van der Waals surface area contributed by atoms with E-state index in [1.54, 1.807) is 72.8 Å². The zero-order valence-corrected chi connectivity index (χ0v) is 26.7. The first-order valence-corrected chi connectivity index (χ1v) is 15.7. The van der Waals surface area contributed by atoms with E-state index in [4.69, 9.17) is 13.1 Å². The van der Waals surface area contributed by atoms with E-state index < -0.39 is 11.7 Å². The lowest BCUT2D eigenvalue weighted by molar-refractivity contribution is -0.137. The minimum Gasteiger partial charge on any atom is -0.310 e. The van der Waals surface area contributed by atoms with E-state index in [0.717, 1.165) is 0 Å². The molecule has 0 aliphatic carbocycles. The van der Waals surface area contributed by atoms with Crippen LogP contribution in [0.5, 0.6) is 0 Å². The van der Waals surface area contributed by atoms with Gasteiger partial charge < -0.3 is 9.13 Å². The SMILES string of the molecule is [C-]#[N+]c1ccc2c3ccc(C#N)cc3n(-c3cc(-c4cccc(C#N)c4)cc(-n4c5cc(C#N)ccc5c5ccc([N+]#[C-])cc54)c3C(F)(F)F)c2c1. The molecule has 6 aromatic carbocycles. The Balaban J connectivity index is 1.65. The number of nitrogens with zero attached hydrogens (tertiary/aromatic N) is 7. The van der Waals surface area contributed by atoms with E-state index in [9.17, 15) is 15.8 Å². The molecule has 2 aromatic heterocycles. The topological polar surface area (TPSA) is 90.0 Å². The molecule has 242 valence electrons. The highest BCUT2D eigenvalue weighted by Gasteiger charge is 2.39. The van der Waals surface area contributed by atoms with Gasteiger partial charge in [0, 0.05) is 32.6 Å². The molecule has 0 radical (unpaired) electrons. The molecule has 0 saturated heterocycles. The summed E-state index contributed by atoms with van der Waals surface area (Å²) >= 11 is 0. The Morgan fingerprint density at radius 2 is 0.923 bits per heavy atom. The summed E-state index contributed by atoms with van der Waals surface area (Å²) in [5, 5.41) is 31.7. The average molecular weight is 678 g/mol. The Labute approximate surface area is 293 Å². The molecule has 0 atom stereocenters. The minimum absolute atomic E-state index is 0.210. The first-order chi connectivity index (χ1) is 25.2. The van der Waals surface area contributed by atoms with Gasteiger partial charge in [-0.2, -0.15) is 29.0 Å². The predicted octanol–water partition coefficient (Wildman–Crippen LogP) is 11.3. The summed E-state index contributed by atoms with van der Waals surface area (Å²) in [5.74, 6) is 0. The second kappa shape index (κ2) is 11.6. The van der Waals surface area contributed by atoms with Gasteiger partial charge >= 0.3 is 6.18 Å². The summed E-state index contributed by atoms with van der Waals surface area (Å²) in [5.41, 5.74) is 1.67. The highest BCUT2D eigenvalue weighted by molar-refractivity contribution is 6.12. The minimum atomic E-state index is -4.99. The Kier molecular flexibility index (Phi) is 7.04. The number of fused-ring (bicyclic) bond motifs is 6. The largest absolute Gasteiger partial charge is 0.420 e. The quantitative estimate of drug-likeness (QED) is 0.174. The fraction of sp³-hybridized carbons (Fsp3) is 0.0238. The van der Waals surface area contributed by atoms with Crippen molar-refractivity contribution in [2.45, 2.75) is 6.18 Å². The van der Waals surface area contributed by atoms with E-state index in [0.29, 0.717) is 60.3 Å². The third-order valence-corrected chi connectivity index (χ3v) is 9.21. The van der Waals surface area contributed by atoms with Crippen molar-refractivity contribution in [2.75, 3.05) is 0 Å². The number of aromatic nitrogens is 2. The Morgan fingerprint density at radius 3 is 1.35 bits per heavy atom. The number of hydrogen-bond donors (Lipinski definition) is 0. The van der Waals surface area contributed by atoms with Gasteiger partial charge in [-0.3, -0.25) is 0 Å². The van der Waals surface area contributed by atoms with Gasteiger partial charge in [-0.25, -0.2) is 9.69 Å². The van der Waals surface area contributed by atoms with Gasteiger partial charge in [-0.15, -0.1) is 0 Å². The van der Waals surface area contributed by atoms with Crippen LogP contribution in [-0.2, 0) is 6.18 Å². The Hall–Kier alpha value is -7.84. The van der Waals surface area contributed by atoms with Crippen LogP contribution in [0.1, 0.15) is 22.3 Å². The van der Waals surface area contributed by atoms with Crippen LogP contribution < -0.4 is 0 Å². The van der Waals surface area contributed by atoms with Crippen molar-refractivity contribution in [3.05, 3.63) is 154 Å². The van der Waals surface area contributed by atoms with Gasteiger partial charge in [0.2, 0.25) is 0 Å². The molecule has 0 fully saturated rings. The molecule has 0 aliphatic rings. The third-order valence-electron chi connectivity index (χ3n) is 9.21. The van der Waals surface area contributed by atoms with E-state index in [1.165, 1.54) is 45.5 Å². The summed E-state index contributed by atoms with van der Waals surface area (Å²) < 4.78 is 51.0. The second-order valence-electron chi connectivity index (χ2n) is 12.1. The van der Waals surface area contributed by atoms with Gasteiger partial charge in [-0.1, -0.05) is 48.5 Å². The molecular weight excluding hydrogens is 660 g/mol. The van der Waals surface area contributed by atoms with Crippen molar-refractivity contribution in [1.29, 1.82) is 15.8 Å². The van der Waals surface area contributed by atoms with Crippen LogP contribution in [0.25, 0.3) is 75.8 Å². The third kappa shape index (κ3) is 4.79. The monoisotopic (exact) mass is 677 g/mol. The van der Waals surface area contributed by atoms with Crippen LogP contribution in [-0.4, -0.2) is 9.13 Å². The van der Waals surface area contributed by atoms with Crippen LogP contribution in [0.3, 0.4) is 0 Å². The Bertz CT molecular complexity index is 2760. The molecule has 0 spiro atoms. The molecule has 0 N–H and O–H groups in total. The van der Waals surface area contributed by atoms with E-state index >= 15 is 13.2 Å². The zero-order chi connectivity index (χ0) is 36.3. The van der Waals surface area contributed by atoms with Gasteiger partial charge in [-0.05, 0) is 71.8 Å². The van der Waals surface area contributed by atoms with Gasteiger partial charge in [0.1, 0.15) is 5.56 Å². The normalized spacial score (nSPS) is 11.3. The zero-order valence-electron chi connectivity index (χ0n) is 26.7. The number of alkyl halides is 3. The number of hydrogen-bond acceptors (Lipinski definition) is 3. The van der Waals surface area contributed by atoms with Gasteiger partial charge in [0.15, 0.2) is 11.4 Å². The first-order valence-electron chi connectivity index (χ1n) is 15.7. The smallest absolute Gasteiger partial charge is 0.310 e. The lowest BCUT2D eigenvalue weighted by atomic mass is 9.98. The maximum Gasteiger partial charge on any atom is 0.420 e. The van der Waals surface area contributed by atoms with E-state index in [-0.39, 0.29) is 33.9 Å². The Morgan fingerprint density at radius 1 is 0.500 bits per heavy atom. The molecule has 10 heteroatoms. The van der Waals surface area contributed by atoms with Crippen molar-refractivity contribution < 1.29 is 13.2 Å². The number of nitriles is 3. The van der Waals surface area contributed by atoms with Crippen molar-refractivity contribution in [2.24, 2.45) is 0 Å². The van der Waals surface area contributed by atoms with Crippen molar-refractivity contribution in [1.82, 2.24) is 9.13 Å². The van der Waals surface area contributed by atoms with Crippen molar-refractivity contribution in [3.63, 3.8) is 0 Å². The predicted molar refractivity (Wildman–Crippen MR) is 192 cm³/mol. The summed E-state index contributed by atoms with van der Waals surface area (Å²) in [6.07, 6.45) is -4.99. The van der Waals surface area contributed by atoms with Crippen LogP contribution in [0.2, 0.25) is 0 Å². The fourth-order valence-corrected chi connectivity index (χ4v) is 7.00. The molecule has 52 heavy (non-hydrogen) atoms.